The number of hydrogen-bond donors (Lipinski definition) is 0. The van der Waals surface area contributed by atoms with E-state index >= 15 is 0 Å². The van der Waals surface area contributed by atoms with Crippen molar-refractivity contribution in [3.63, 3.8) is 0 Å². The Labute approximate surface area is 117 Å². The first kappa shape index (κ1) is 12.7. The van der Waals surface area contributed by atoms with Crippen LogP contribution in [0.1, 0.15) is 13.8 Å². The quantitative estimate of drug-likeness (QED) is 0.729. The first-order valence-corrected chi connectivity index (χ1v) is 9.75. The highest BCUT2D eigenvalue weighted by Gasteiger charge is 2.45. The first-order valence-electron chi connectivity index (χ1n) is 7.33. The van der Waals surface area contributed by atoms with Gasteiger partial charge in [0.2, 0.25) is 0 Å². The lowest BCUT2D eigenvalue weighted by atomic mass is 10.0. The highest BCUT2D eigenvalue weighted by atomic mass is 28.3. The van der Waals surface area contributed by atoms with Gasteiger partial charge in [-0.25, -0.2) is 0 Å². The molecule has 0 aliphatic carbocycles. The number of benzene rings is 2. The summed E-state index contributed by atoms with van der Waals surface area (Å²) in [6, 6.07) is 25.4. The van der Waals surface area contributed by atoms with Crippen LogP contribution in [0.15, 0.2) is 60.7 Å². The third-order valence-electron chi connectivity index (χ3n) is 4.97. The summed E-state index contributed by atoms with van der Waals surface area (Å²) in [5, 5.41) is 3.25. The van der Waals surface area contributed by atoms with Crippen molar-refractivity contribution >= 4 is 18.4 Å². The van der Waals surface area contributed by atoms with Crippen molar-refractivity contribution in [1.82, 2.24) is 0 Å². The molecule has 19 heavy (non-hydrogen) atoms. The van der Waals surface area contributed by atoms with Gasteiger partial charge in [0.05, 0.1) is 0 Å². The van der Waals surface area contributed by atoms with E-state index in [9.17, 15) is 0 Å². The molecule has 0 N–H and O–H groups in total. The molecule has 1 aliphatic heterocycles. The van der Waals surface area contributed by atoms with Gasteiger partial charge < -0.3 is 0 Å². The lowest BCUT2D eigenvalue weighted by Gasteiger charge is -2.28. The van der Waals surface area contributed by atoms with E-state index in [-0.39, 0.29) is 0 Å². The van der Waals surface area contributed by atoms with E-state index in [2.05, 4.69) is 74.5 Å². The third kappa shape index (κ3) is 2.16. The Morgan fingerprint density at radius 3 is 1.42 bits per heavy atom. The van der Waals surface area contributed by atoms with Gasteiger partial charge in [0.1, 0.15) is 8.07 Å². The normalized spacial score (nSPS) is 25.4. The van der Waals surface area contributed by atoms with Crippen molar-refractivity contribution in [2.45, 2.75) is 25.9 Å². The molecule has 1 heterocycles. The molecule has 0 unspecified atom stereocenters. The smallest absolute Gasteiger partial charge is 0.0626 e. The topological polar surface area (TPSA) is 0 Å². The zero-order chi connectivity index (χ0) is 13.3. The van der Waals surface area contributed by atoms with Crippen LogP contribution in [-0.2, 0) is 0 Å². The zero-order valence-electron chi connectivity index (χ0n) is 11.8. The maximum absolute atomic E-state index is 2.44. The predicted octanol–water partition coefficient (Wildman–Crippen LogP) is 3.54. The highest BCUT2D eigenvalue weighted by molar-refractivity contribution is 7.02. The van der Waals surface area contributed by atoms with Crippen LogP contribution in [-0.4, -0.2) is 8.07 Å². The van der Waals surface area contributed by atoms with Crippen LogP contribution in [0.25, 0.3) is 0 Å². The second-order valence-electron chi connectivity index (χ2n) is 6.18. The minimum atomic E-state index is -1.51. The summed E-state index contributed by atoms with van der Waals surface area (Å²) < 4.78 is 0. The monoisotopic (exact) mass is 266 g/mol. The van der Waals surface area contributed by atoms with Gasteiger partial charge in [-0.2, -0.15) is 0 Å². The molecule has 0 aromatic heterocycles. The summed E-state index contributed by atoms with van der Waals surface area (Å²) >= 11 is 0. The Balaban J connectivity index is 2.13. The SMILES string of the molecule is C[C@H]1C[Si](c2ccccc2)(c2ccccc2)C[C@@H]1C. The van der Waals surface area contributed by atoms with Crippen LogP contribution < -0.4 is 10.4 Å². The molecular formula is C18H22Si. The molecule has 0 bridgehead atoms. The molecule has 2 atom stereocenters. The van der Waals surface area contributed by atoms with Crippen molar-refractivity contribution < 1.29 is 0 Å². The molecule has 0 radical (unpaired) electrons. The first-order chi connectivity index (χ1) is 9.22. The van der Waals surface area contributed by atoms with Gasteiger partial charge in [-0.15, -0.1) is 0 Å². The molecular weight excluding hydrogens is 244 g/mol. The van der Waals surface area contributed by atoms with Crippen molar-refractivity contribution in [1.29, 1.82) is 0 Å². The van der Waals surface area contributed by atoms with E-state index in [0.717, 1.165) is 11.8 Å². The van der Waals surface area contributed by atoms with E-state index in [1.54, 1.807) is 10.4 Å². The summed E-state index contributed by atoms with van der Waals surface area (Å²) in [5.74, 6) is 1.71. The summed E-state index contributed by atoms with van der Waals surface area (Å²) in [5.41, 5.74) is 0. The van der Waals surface area contributed by atoms with Crippen LogP contribution in [0.5, 0.6) is 0 Å². The highest BCUT2D eigenvalue weighted by Crippen LogP contribution is 2.38. The fourth-order valence-electron chi connectivity index (χ4n) is 3.74. The molecule has 0 nitrogen and oxygen atoms in total. The molecule has 0 spiro atoms. The van der Waals surface area contributed by atoms with Crippen molar-refractivity contribution in [3.8, 4) is 0 Å². The average molecular weight is 266 g/mol. The molecule has 1 fully saturated rings. The van der Waals surface area contributed by atoms with Gasteiger partial charge in [0.15, 0.2) is 0 Å². The molecule has 98 valence electrons. The van der Waals surface area contributed by atoms with E-state index in [1.807, 2.05) is 0 Å². The Kier molecular flexibility index (Phi) is 3.32. The third-order valence-corrected chi connectivity index (χ3v) is 10.5. The van der Waals surface area contributed by atoms with E-state index in [1.165, 1.54) is 12.1 Å². The van der Waals surface area contributed by atoms with Crippen molar-refractivity contribution in [3.05, 3.63) is 60.7 Å². The molecule has 2 aromatic carbocycles. The number of rotatable bonds is 2. The fraction of sp³-hybridized carbons (Fsp3) is 0.333. The summed E-state index contributed by atoms with van der Waals surface area (Å²) in [6.45, 7) is 4.87. The van der Waals surface area contributed by atoms with Gasteiger partial charge >= 0.3 is 0 Å². The van der Waals surface area contributed by atoms with Gasteiger partial charge in [-0.3, -0.25) is 0 Å². The summed E-state index contributed by atoms with van der Waals surface area (Å²) in [7, 11) is -1.51. The summed E-state index contributed by atoms with van der Waals surface area (Å²) in [6.07, 6.45) is 0. The Bertz CT molecular complexity index is 481. The van der Waals surface area contributed by atoms with Crippen LogP contribution >= 0.6 is 0 Å². The van der Waals surface area contributed by atoms with Crippen LogP contribution in [0.3, 0.4) is 0 Å². The van der Waals surface area contributed by atoms with E-state index in [0.29, 0.717) is 0 Å². The molecule has 2 aromatic rings. The Hall–Kier alpha value is -1.34. The van der Waals surface area contributed by atoms with Crippen LogP contribution in [0.4, 0.5) is 0 Å². The van der Waals surface area contributed by atoms with Crippen molar-refractivity contribution in [2.75, 3.05) is 0 Å². The Morgan fingerprint density at radius 2 is 1.05 bits per heavy atom. The lowest BCUT2D eigenvalue weighted by molar-refractivity contribution is 0.486. The standard InChI is InChI=1S/C18H22Si/c1-15-13-19(14-16(15)2,17-9-5-3-6-10-17)18-11-7-4-8-12-18/h3-12,15-16H,13-14H2,1-2H3/t15-,16-/m0/s1. The second kappa shape index (κ2) is 4.97. The van der Waals surface area contributed by atoms with Gasteiger partial charge in [-0.1, -0.05) is 84.9 Å². The van der Waals surface area contributed by atoms with Crippen LogP contribution in [0.2, 0.25) is 12.1 Å². The predicted molar refractivity (Wildman–Crippen MR) is 85.8 cm³/mol. The van der Waals surface area contributed by atoms with Crippen molar-refractivity contribution in [2.24, 2.45) is 11.8 Å². The molecule has 3 rings (SSSR count). The van der Waals surface area contributed by atoms with E-state index < -0.39 is 8.07 Å². The van der Waals surface area contributed by atoms with E-state index in [4.69, 9.17) is 0 Å². The molecule has 1 aliphatic rings. The second-order valence-corrected chi connectivity index (χ2v) is 10.3. The molecule has 0 amide bonds. The fourth-order valence-corrected chi connectivity index (χ4v) is 9.84. The molecule has 1 saturated heterocycles. The van der Waals surface area contributed by atoms with Gasteiger partial charge in [-0.05, 0) is 23.9 Å². The number of hydrogen-bond acceptors (Lipinski definition) is 0. The maximum atomic E-state index is 2.44. The van der Waals surface area contributed by atoms with Gasteiger partial charge in [0, 0.05) is 0 Å². The molecule has 1 heteroatoms. The Morgan fingerprint density at radius 1 is 0.684 bits per heavy atom. The minimum absolute atomic E-state index is 0.854. The zero-order valence-corrected chi connectivity index (χ0v) is 12.8. The lowest BCUT2D eigenvalue weighted by Crippen LogP contribution is -2.56. The average Bonchev–Trinajstić information content (AvgIpc) is 2.78. The van der Waals surface area contributed by atoms with Crippen LogP contribution in [0, 0.1) is 11.8 Å². The molecule has 0 saturated carbocycles. The minimum Gasteiger partial charge on any atom is -0.0626 e. The maximum Gasteiger partial charge on any atom is 0.118 e. The largest absolute Gasteiger partial charge is 0.118 e. The van der Waals surface area contributed by atoms with Gasteiger partial charge in [0.25, 0.3) is 0 Å². The summed E-state index contributed by atoms with van der Waals surface area (Å²) in [4.78, 5) is 0.